The van der Waals surface area contributed by atoms with E-state index in [0.717, 1.165) is 37.5 Å². The molecule has 1 heterocycles. The van der Waals surface area contributed by atoms with Crippen LogP contribution in [0.2, 0.25) is 0 Å². The molecule has 0 atom stereocenters. The number of aryl methyl sites for hydroxylation is 2. The van der Waals surface area contributed by atoms with Crippen molar-refractivity contribution in [2.24, 2.45) is 0 Å². The Morgan fingerprint density at radius 1 is 1.35 bits per heavy atom. The molecule has 0 aromatic heterocycles. The molecule has 1 aromatic carbocycles. The second-order valence-corrected chi connectivity index (χ2v) is 5.09. The molecule has 1 aromatic rings. The van der Waals surface area contributed by atoms with E-state index in [1.54, 1.807) is 0 Å². The van der Waals surface area contributed by atoms with E-state index in [0.29, 0.717) is 13.2 Å². The van der Waals surface area contributed by atoms with Gasteiger partial charge in [0.1, 0.15) is 12.4 Å². The third-order valence-corrected chi connectivity index (χ3v) is 3.38. The van der Waals surface area contributed by atoms with Crippen LogP contribution in [-0.4, -0.2) is 50.3 Å². The van der Waals surface area contributed by atoms with Crippen LogP contribution < -0.4 is 15.4 Å². The molecule has 20 heavy (non-hydrogen) atoms. The van der Waals surface area contributed by atoms with Crippen LogP contribution in [0.1, 0.15) is 11.1 Å². The van der Waals surface area contributed by atoms with Gasteiger partial charge in [0.25, 0.3) is 0 Å². The van der Waals surface area contributed by atoms with Crippen LogP contribution in [0, 0.1) is 13.8 Å². The first-order valence-corrected chi connectivity index (χ1v) is 7.10. The van der Waals surface area contributed by atoms with Crippen LogP contribution in [0.15, 0.2) is 18.2 Å². The summed E-state index contributed by atoms with van der Waals surface area (Å²) >= 11 is 0. The van der Waals surface area contributed by atoms with Crippen molar-refractivity contribution in [3.05, 3.63) is 29.3 Å². The third-order valence-electron chi connectivity index (χ3n) is 3.38. The normalized spacial score (nSPS) is 15.0. The monoisotopic (exact) mass is 277 g/mol. The zero-order chi connectivity index (χ0) is 14.4. The number of carbonyl (C=O) groups is 1. The highest BCUT2D eigenvalue weighted by Crippen LogP contribution is 2.18. The fourth-order valence-corrected chi connectivity index (χ4v) is 2.16. The molecule has 0 spiro atoms. The number of urea groups is 1. The maximum absolute atomic E-state index is 11.9. The van der Waals surface area contributed by atoms with Gasteiger partial charge in [-0.2, -0.15) is 0 Å². The molecule has 0 unspecified atom stereocenters. The van der Waals surface area contributed by atoms with Gasteiger partial charge in [-0.3, -0.25) is 0 Å². The van der Waals surface area contributed by atoms with E-state index in [1.165, 1.54) is 5.56 Å². The van der Waals surface area contributed by atoms with Gasteiger partial charge in [0.05, 0.1) is 6.54 Å². The summed E-state index contributed by atoms with van der Waals surface area (Å²) in [5, 5.41) is 6.11. The average molecular weight is 277 g/mol. The predicted octanol–water partition coefficient (Wildman–Crippen LogP) is 1.30. The number of benzene rings is 1. The number of nitrogens with one attached hydrogen (secondary N) is 2. The number of amides is 2. The van der Waals surface area contributed by atoms with Crippen LogP contribution in [0.5, 0.6) is 5.75 Å². The quantitative estimate of drug-likeness (QED) is 0.816. The maximum atomic E-state index is 11.9. The Morgan fingerprint density at radius 2 is 2.10 bits per heavy atom. The van der Waals surface area contributed by atoms with E-state index >= 15 is 0 Å². The Balaban J connectivity index is 1.70. The zero-order valence-corrected chi connectivity index (χ0v) is 12.2. The third kappa shape index (κ3) is 4.13. The predicted molar refractivity (Wildman–Crippen MR) is 79.3 cm³/mol. The van der Waals surface area contributed by atoms with Crippen molar-refractivity contribution in [1.82, 2.24) is 15.5 Å². The van der Waals surface area contributed by atoms with Gasteiger partial charge in [0, 0.05) is 26.2 Å². The van der Waals surface area contributed by atoms with Gasteiger partial charge in [-0.1, -0.05) is 12.1 Å². The minimum absolute atomic E-state index is 0.00364. The molecule has 5 nitrogen and oxygen atoms in total. The second kappa shape index (κ2) is 7.14. The van der Waals surface area contributed by atoms with Crippen molar-refractivity contribution in [2.75, 3.05) is 39.3 Å². The lowest BCUT2D eigenvalue weighted by Gasteiger charge is -2.27. The van der Waals surface area contributed by atoms with Gasteiger partial charge in [0.2, 0.25) is 0 Å². The summed E-state index contributed by atoms with van der Waals surface area (Å²) in [6.07, 6.45) is 0. The summed E-state index contributed by atoms with van der Waals surface area (Å²) in [6, 6.07) is 6.13. The summed E-state index contributed by atoms with van der Waals surface area (Å²) in [5.41, 5.74) is 2.29. The molecule has 1 aliphatic heterocycles. The summed E-state index contributed by atoms with van der Waals surface area (Å²) in [6.45, 7) is 8.34. The second-order valence-electron chi connectivity index (χ2n) is 5.09. The number of hydrogen-bond donors (Lipinski definition) is 2. The molecule has 1 fully saturated rings. The molecule has 110 valence electrons. The molecule has 1 aliphatic rings. The molecule has 5 heteroatoms. The lowest BCUT2D eigenvalue weighted by atomic mass is 10.1. The average Bonchev–Trinajstić information content (AvgIpc) is 2.47. The SMILES string of the molecule is Cc1ccc(C)c(OCCNC(=O)N2CCNCC2)c1. The lowest BCUT2D eigenvalue weighted by Crippen LogP contribution is -2.50. The highest BCUT2D eigenvalue weighted by Gasteiger charge is 2.15. The van der Waals surface area contributed by atoms with Crippen LogP contribution in [0.25, 0.3) is 0 Å². The highest BCUT2D eigenvalue weighted by atomic mass is 16.5. The van der Waals surface area contributed by atoms with Crippen LogP contribution in [-0.2, 0) is 0 Å². The molecule has 0 radical (unpaired) electrons. The Kier molecular flexibility index (Phi) is 5.24. The Labute approximate surface area is 120 Å². The minimum Gasteiger partial charge on any atom is -0.491 e. The van der Waals surface area contributed by atoms with Crippen molar-refractivity contribution in [3.63, 3.8) is 0 Å². The summed E-state index contributed by atoms with van der Waals surface area (Å²) in [5.74, 6) is 0.890. The number of nitrogens with zero attached hydrogens (tertiary/aromatic N) is 1. The van der Waals surface area contributed by atoms with Crippen molar-refractivity contribution in [3.8, 4) is 5.75 Å². The Morgan fingerprint density at radius 3 is 2.85 bits per heavy atom. The van der Waals surface area contributed by atoms with E-state index < -0.39 is 0 Å². The number of carbonyl (C=O) groups excluding carboxylic acids is 1. The van der Waals surface area contributed by atoms with Crippen molar-refractivity contribution < 1.29 is 9.53 Å². The topological polar surface area (TPSA) is 53.6 Å². The number of rotatable bonds is 4. The largest absolute Gasteiger partial charge is 0.491 e. The van der Waals surface area contributed by atoms with Gasteiger partial charge >= 0.3 is 6.03 Å². The van der Waals surface area contributed by atoms with Crippen LogP contribution >= 0.6 is 0 Å². The molecule has 2 N–H and O–H groups in total. The molecule has 2 amide bonds. The summed E-state index contributed by atoms with van der Waals surface area (Å²) in [4.78, 5) is 13.7. The summed E-state index contributed by atoms with van der Waals surface area (Å²) < 4.78 is 5.71. The molecule has 0 aliphatic carbocycles. The zero-order valence-electron chi connectivity index (χ0n) is 12.2. The minimum atomic E-state index is -0.00364. The first kappa shape index (κ1) is 14.7. The van der Waals surface area contributed by atoms with Gasteiger partial charge in [0.15, 0.2) is 0 Å². The Hall–Kier alpha value is -1.75. The molecule has 1 saturated heterocycles. The van der Waals surface area contributed by atoms with Gasteiger partial charge in [-0.05, 0) is 31.0 Å². The highest BCUT2D eigenvalue weighted by molar-refractivity contribution is 5.74. The van der Waals surface area contributed by atoms with Crippen molar-refractivity contribution >= 4 is 6.03 Å². The number of ether oxygens (including phenoxy) is 1. The lowest BCUT2D eigenvalue weighted by molar-refractivity contribution is 0.187. The maximum Gasteiger partial charge on any atom is 0.317 e. The fraction of sp³-hybridized carbons (Fsp3) is 0.533. The molecular weight excluding hydrogens is 254 g/mol. The van der Waals surface area contributed by atoms with Gasteiger partial charge in [-0.25, -0.2) is 4.79 Å². The van der Waals surface area contributed by atoms with Crippen LogP contribution in [0.3, 0.4) is 0 Å². The summed E-state index contributed by atoms with van der Waals surface area (Å²) in [7, 11) is 0. The van der Waals surface area contributed by atoms with Crippen LogP contribution in [0.4, 0.5) is 4.79 Å². The number of piperazine rings is 1. The molecule has 0 bridgehead atoms. The van der Waals surface area contributed by atoms with E-state index in [-0.39, 0.29) is 6.03 Å². The smallest absolute Gasteiger partial charge is 0.317 e. The van der Waals surface area contributed by atoms with Gasteiger partial charge in [-0.15, -0.1) is 0 Å². The standard InChI is InChI=1S/C15H23N3O2/c1-12-3-4-13(2)14(11-12)20-10-7-17-15(19)18-8-5-16-6-9-18/h3-4,11,16H,5-10H2,1-2H3,(H,17,19). The first-order chi connectivity index (χ1) is 9.66. The molecule has 2 rings (SSSR count). The fourth-order valence-electron chi connectivity index (χ4n) is 2.16. The molecular formula is C15H23N3O2. The molecule has 0 saturated carbocycles. The van der Waals surface area contributed by atoms with Crippen molar-refractivity contribution in [2.45, 2.75) is 13.8 Å². The Bertz CT molecular complexity index is 456. The first-order valence-electron chi connectivity index (χ1n) is 7.10. The number of hydrogen-bond acceptors (Lipinski definition) is 3. The van der Waals surface area contributed by atoms with Gasteiger partial charge < -0.3 is 20.3 Å². The van der Waals surface area contributed by atoms with Crippen molar-refractivity contribution in [1.29, 1.82) is 0 Å². The van der Waals surface area contributed by atoms with E-state index in [1.807, 2.05) is 30.9 Å². The van der Waals surface area contributed by atoms with E-state index in [9.17, 15) is 4.79 Å². The van der Waals surface area contributed by atoms with E-state index in [4.69, 9.17) is 4.74 Å². The van der Waals surface area contributed by atoms with E-state index in [2.05, 4.69) is 16.7 Å².